The Labute approximate surface area is 72.1 Å². The molecular weight excluding hydrogens is 180 g/mol. The molecule has 0 rings (SSSR count). The van der Waals surface area contributed by atoms with Crippen LogP contribution in [0.3, 0.4) is 0 Å². The number of hydrogen-bond donors (Lipinski definition) is 3. The van der Waals surface area contributed by atoms with E-state index in [2.05, 4.69) is 4.43 Å². The van der Waals surface area contributed by atoms with Crippen molar-refractivity contribution in [3.63, 3.8) is 0 Å². The molecule has 0 fully saturated rings. The Morgan fingerprint density at radius 3 is 2.33 bits per heavy atom. The molecule has 0 atom stereocenters. The summed E-state index contributed by atoms with van der Waals surface area (Å²) in [4.78, 5) is 35.6. The van der Waals surface area contributed by atoms with Gasteiger partial charge in [0.1, 0.15) is 5.78 Å². The van der Waals surface area contributed by atoms with Crippen molar-refractivity contribution in [2.75, 3.05) is 6.61 Å². The average molecular weight is 194 g/mol. The highest BCUT2D eigenvalue weighted by atomic mass is 28.4. The first-order valence-corrected chi connectivity index (χ1v) is 5.47. The van der Waals surface area contributed by atoms with Crippen LogP contribution in [0.25, 0.3) is 0 Å². The molecule has 0 aromatic carbocycles. The van der Waals surface area contributed by atoms with Gasteiger partial charge in [-0.3, -0.25) is 0 Å². The molecule has 6 heteroatoms. The van der Waals surface area contributed by atoms with Gasteiger partial charge in [0.2, 0.25) is 0 Å². The van der Waals surface area contributed by atoms with E-state index in [0.29, 0.717) is 19.3 Å². The van der Waals surface area contributed by atoms with Gasteiger partial charge in [-0.1, -0.05) is 0 Å². The van der Waals surface area contributed by atoms with E-state index in [0.717, 1.165) is 0 Å². The summed E-state index contributed by atoms with van der Waals surface area (Å²) in [7, 11) is -4.32. The van der Waals surface area contributed by atoms with Gasteiger partial charge in [0, 0.05) is 13.0 Å². The van der Waals surface area contributed by atoms with E-state index in [-0.39, 0.29) is 12.4 Å². The van der Waals surface area contributed by atoms with Gasteiger partial charge in [-0.25, -0.2) is 0 Å². The van der Waals surface area contributed by atoms with E-state index in [1.807, 2.05) is 0 Å². The molecule has 0 aromatic rings. The second kappa shape index (κ2) is 5.39. The Kier molecular flexibility index (Phi) is 5.26. The largest absolute Gasteiger partial charge is 0.671 e. The van der Waals surface area contributed by atoms with Crippen LogP contribution in [0.15, 0.2) is 0 Å². The van der Waals surface area contributed by atoms with Crippen LogP contribution in [-0.2, 0) is 9.22 Å². The van der Waals surface area contributed by atoms with Crippen molar-refractivity contribution in [2.45, 2.75) is 26.2 Å². The quantitative estimate of drug-likeness (QED) is 0.379. The Balaban J connectivity index is 3.17. The number of ketones is 1. The topological polar surface area (TPSA) is 87.0 Å². The van der Waals surface area contributed by atoms with Crippen LogP contribution in [0.1, 0.15) is 26.2 Å². The lowest BCUT2D eigenvalue weighted by Gasteiger charge is -2.08. The van der Waals surface area contributed by atoms with Gasteiger partial charge in [-0.15, -0.1) is 0 Å². The predicted octanol–water partition coefficient (Wildman–Crippen LogP) is -0.825. The number of carbonyl (C=O) groups is 1. The summed E-state index contributed by atoms with van der Waals surface area (Å²) in [5.74, 6) is 0.0931. The summed E-state index contributed by atoms with van der Waals surface area (Å²) in [5, 5.41) is 0. The molecule has 72 valence electrons. The first-order valence-electron chi connectivity index (χ1n) is 3.72. The molecule has 0 saturated carbocycles. The lowest BCUT2D eigenvalue weighted by Crippen LogP contribution is -2.39. The Morgan fingerprint density at radius 2 is 1.92 bits per heavy atom. The first-order chi connectivity index (χ1) is 5.42. The van der Waals surface area contributed by atoms with Gasteiger partial charge in [0.15, 0.2) is 0 Å². The molecule has 5 nitrogen and oxygen atoms in total. The fraction of sp³-hybridized carbons (Fsp3) is 0.833. The Morgan fingerprint density at radius 1 is 1.33 bits per heavy atom. The van der Waals surface area contributed by atoms with Gasteiger partial charge >= 0.3 is 9.05 Å². The van der Waals surface area contributed by atoms with Crippen molar-refractivity contribution in [2.24, 2.45) is 0 Å². The minimum absolute atomic E-state index is 0.0724. The molecule has 3 N–H and O–H groups in total. The van der Waals surface area contributed by atoms with Crippen molar-refractivity contribution in [1.82, 2.24) is 0 Å². The van der Waals surface area contributed by atoms with Crippen LogP contribution in [0.4, 0.5) is 0 Å². The Hall–Kier alpha value is -0.273. The highest BCUT2D eigenvalue weighted by Crippen LogP contribution is 1.98. The van der Waals surface area contributed by atoms with Crippen LogP contribution in [0, 0.1) is 0 Å². The SMILES string of the molecule is CC(=O)CCCCO[Si](O)(O)O. The molecule has 0 aliphatic rings. The number of unbranched alkanes of at least 4 members (excludes halogenated alkanes) is 1. The van der Waals surface area contributed by atoms with Gasteiger partial charge in [0.25, 0.3) is 0 Å². The molecule has 0 aliphatic carbocycles. The summed E-state index contributed by atoms with van der Waals surface area (Å²) < 4.78 is 4.31. The predicted molar refractivity (Wildman–Crippen MR) is 42.9 cm³/mol. The summed E-state index contributed by atoms with van der Waals surface area (Å²) >= 11 is 0. The van der Waals surface area contributed by atoms with Crippen molar-refractivity contribution in [3.8, 4) is 0 Å². The number of rotatable bonds is 6. The fourth-order valence-corrected chi connectivity index (χ4v) is 1.10. The van der Waals surface area contributed by atoms with Crippen molar-refractivity contribution >= 4 is 14.8 Å². The van der Waals surface area contributed by atoms with Gasteiger partial charge in [0.05, 0.1) is 0 Å². The molecular formula is C6H14O5Si. The minimum Gasteiger partial charge on any atom is -0.368 e. The van der Waals surface area contributed by atoms with Crippen LogP contribution in [0.5, 0.6) is 0 Å². The van der Waals surface area contributed by atoms with E-state index in [1.54, 1.807) is 0 Å². The van der Waals surface area contributed by atoms with E-state index >= 15 is 0 Å². The van der Waals surface area contributed by atoms with Crippen LogP contribution in [0.2, 0.25) is 0 Å². The molecule has 0 heterocycles. The van der Waals surface area contributed by atoms with E-state index in [4.69, 9.17) is 14.4 Å². The van der Waals surface area contributed by atoms with Crippen molar-refractivity contribution < 1.29 is 23.6 Å². The van der Waals surface area contributed by atoms with Crippen molar-refractivity contribution in [1.29, 1.82) is 0 Å². The van der Waals surface area contributed by atoms with E-state index in [1.165, 1.54) is 6.92 Å². The molecule has 0 unspecified atom stereocenters. The lowest BCUT2D eigenvalue weighted by atomic mass is 10.2. The highest BCUT2D eigenvalue weighted by molar-refractivity contribution is 6.48. The number of Topliss-reactive ketones (excluding diaryl/α,β-unsaturated/α-hetero) is 1. The zero-order valence-corrected chi connectivity index (χ0v) is 7.99. The normalized spacial score (nSPS) is 11.7. The van der Waals surface area contributed by atoms with Crippen LogP contribution >= 0.6 is 0 Å². The van der Waals surface area contributed by atoms with Gasteiger partial charge in [-0.2, -0.15) is 0 Å². The second-order valence-electron chi connectivity index (χ2n) is 2.58. The monoisotopic (exact) mass is 194 g/mol. The summed E-state index contributed by atoms with van der Waals surface area (Å²) in [5.41, 5.74) is 0. The van der Waals surface area contributed by atoms with E-state index < -0.39 is 9.05 Å². The van der Waals surface area contributed by atoms with Crippen LogP contribution in [-0.4, -0.2) is 35.8 Å². The maximum atomic E-state index is 10.4. The smallest absolute Gasteiger partial charge is 0.368 e. The zero-order chi connectivity index (χ0) is 9.61. The molecule has 0 aliphatic heterocycles. The third-order valence-electron chi connectivity index (χ3n) is 1.22. The standard InChI is InChI=1S/C6H14O5Si/c1-6(7)4-2-3-5-11-12(8,9)10/h8-10H,2-5H2,1H3. The van der Waals surface area contributed by atoms with Gasteiger partial charge < -0.3 is 23.6 Å². The molecule has 0 spiro atoms. The lowest BCUT2D eigenvalue weighted by molar-refractivity contribution is -0.117. The highest BCUT2D eigenvalue weighted by Gasteiger charge is 2.29. The molecule has 0 aromatic heterocycles. The first kappa shape index (κ1) is 11.7. The van der Waals surface area contributed by atoms with Crippen molar-refractivity contribution in [3.05, 3.63) is 0 Å². The summed E-state index contributed by atoms with van der Waals surface area (Å²) in [6.07, 6.45) is 1.63. The maximum absolute atomic E-state index is 10.4. The zero-order valence-electron chi connectivity index (χ0n) is 6.99. The maximum Gasteiger partial charge on any atom is 0.671 e. The number of hydrogen-bond acceptors (Lipinski definition) is 5. The van der Waals surface area contributed by atoms with E-state index in [9.17, 15) is 4.79 Å². The molecule has 0 bridgehead atoms. The Bertz CT molecular complexity index is 141. The number of carbonyl (C=O) groups excluding carboxylic acids is 1. The van der Waals surface area contributed by atoms with Crippen LogP contribution < -0.4 is 0 Å². The summed E-state index contributed by atoms with van der Waals surface area (Å²) in [6.45, 7) is 1.56. The average Bonchev–Trinajstić information content (AvgIpc) is 1.83. The third kappa shape index (κ3) is 9.73. The fourth-order valence-electron chi connectivity index (χ4n) is 0.685. The molecule has 12 heavy (non-hydrogen) atoms. The molecule has 0 radical (unpaired) electrons. The third-order valence-corrected chi connectivity index (χ3v) is 1.81. The second-order valence-corrected chi connectivity index (χ2v) is 4.02. The molecule has 0 saturated heterocycles. The molecule has 0 amide bonds. The summed E-state index contributed by atoms with van der Waals surface area (Å²) in [6, 6.07) is 0. The van der Waals surface area contributed by atoms with Gasteiger partial charge in [-0.05, 0) is 19.8 Å². The minimum atomic E-state index is -4.32.